The lowest BCUT2D eigenvalue weighted by Gasteiger charge is -2.32. The second-order valence-electron chi connectivity index (χ2n) is 5.69. The van der Waals surface area contributed by atoms with Crippen LogP contribution in [0.2, 0.25) is 0 Å². The first-order valence-electron chi connectivity index (χ1n) is 7.90. The van der Waals surface area contributed by atoms with Crippen LogP contribution in [0.4, 0.5) is 13.2 Å². The van der Waals surface area contributed by atoms with E-state index < -0.39 is 23.7 Å². The zero-order valence-electron chi connectivity index (χ0n) is 13.9. The highest BCUT2D eigenvalue weighted by Crippen LogP contribution is 2.32. The summed E-state index contributed by atoms with van der Waals surface area (Å²) in [6.07, 6.45) is -4.19. The minimum absolute atomic E-state index is 0.0579. The summed E-state index contributed by atoms with van der Waals surface area (Å²) >= 11 is 0. The fourth-order valence-electron chi connectivity index (χ4n) is 2.39. The van der Waals surface area contributed by atoms with E-state index in [4.69, 9.17) is 4.74 Å². The molecule has 0 heterocycles. The van der Waals surface area contributed by atoms with Crippen LogP contribution < -0.4 is 5.32 Å². The van der Waals surface area contributed by atoms with Gasteiger partial charge < -0.3 is 15.2 Å². The third kappa shape index (κ3) is 5.79. The van der Waals surface area contributed by atoms with Crippen LogP contribution in [0, 0.1) is 5.92 Å². The van der Waals surface area contributed by atoms with Crippen molar-refractivity contribution < 1.29 is 27.8 Å². The van der Waals surface area contributed by atoms with Crippen molar-refractivity contribution in [1.29, 1.82) is 0 Å². The second-order valence-corrected chi connectivity index (χ2v) is 5.69. The number of benzene rings is 1. The Morgan fingerprint density at radius 2 is 1.92 bits per heavy atom. The lowest BCUT2D eigenvalue weighted by molar-refractivity contribution is -0.188. The molecule has 2 atom stereocenters. The quantitative estimate of drug-likeness (QED) is 0.674. The molecule has 24 heavy (non-hydrogen) atoms. The van der Waals surface area contributed by atoms with Gasteiger partial charge in [-0.25, -0.2) is 0 Å². The average Bonchev–Trinajstić information content (AvgIpc) is 2.53. The summed E-state index contributed by atoms with van der Waals surface area (Å²) in [6, 6.07) is 8.08. The molecule has 0 bridgehead atoms. The normalized spacial score (nSPS) is 15.6. The smallest absolute Gasteiger partial charge is 0.384 e. The molecule has 136 valence electrons. The number of carbonyl (C=O) groups is 1. The molecule has 0 aliphatic rings. The third-order valence-electron chi connectivity index (χ3n) is 3.81. The van der Waals surface area contributed by atoms with Gasteiger partial charge in [-0.05, 0) is 6.42 Å². The van der Waals surface area contributed by atoms with Gasteiger partial charge in [-0.15, -0.1) is 0 Å². The van der Waals surface area contributed by atoms with Gasteiger partial charge in [0.15, 0.2) is 5.72 Å². The molecule has 0 radical (unpaired) electrons. The number of halogens is 3. The summed E-state index contributed by atoms with van der Waals surface area (Å²) in [5.74, 6) is -3.37. The van der Waals surface area contributed by atoms with E-state index in [1.807, 2.05) is 0 Å². The summed E-state index contributed by atoms with van der Waals surface area (Å²) in [6.45, 7) is 1.83. The molecule has 4 nitrogen and oxygen atoms in total. The van der Waals surface area contributed by atoms with E-state index in [2.05, 4.69) is 5.32 Å². The molecule has 2 N–H and O–H groups in total. The Balaban J connectivity index is 3.01. The number of methoxy groups -OCH3 is 1. The van der Waals surface area contributed by atoms with Crippen LogP contribution in [0.1, 0.15) is 38.2 Å². The first-order valence-corrected chi connectivity index (χ1v) is 7.90. The van der Waals surface area contributed by atoms with Gasteiger partial charge in [-0.1, -0.05) is 50.1 Å². The van der Waals surface area contributed by atoms with Gasteiger partial charge in [-0.3, -0.25) is 4.79 Å². The number of carbonyl (C=O) groups excluding carboxylic acids is 1. The number of unbranched alkanes of at least 4 members (excludes halogenated alkanes) is 1. The Kier molecular flexibility index (Phi) is 7.69. The van der Waals surface area contributed by atoms with Crippen LogP contribution in [0.15, 0.2) is 30.3 Å². The van der Waals surface area contributed by atoms with Crippen LogP contribution in [0.3, 0.4) is 0 Å². The first-order chi connectivity index (χ1) is 11.2. The molecule has 0 aromatic heterocycles. The molecule has 0 unspecified atom stereocenters. The Morgan fingerprint density at radius 1 is 1.29 bits per heavy atom. The monoisotopic (exact) mass is 347 g/mol. The van der Waals surface area contributed by atoms with Crippen molar-refractivity contribution in [2.75, 3.05) is 13.7 Å². The van der Waals surface area contributed by atoms with E-state index in [0.29, 0.717) is 12.0 Å². The van der Waals surface area contributed by atoms with Gasteiger partial charge in [0.05, 0.1) is 6.61 Å². The van der Waals surface area contributed by atoms with Gasteiger partial charge in [0, 0.05) is 19.1 Å². The Bertz CT molecular complexity index is 508. The fraction of sp³-hybridized carbons (Fsp3) is 0.588. The fourth-order valence-corrected chi connectivity index (χ4v) is 2.39. The average molecular weight is 347 g/mol. The van der Waals surface area contributed by atoms with Crippen molar-refractivity contribution >= 4 is 5.91 Å². The standard InChI is InChI=1S/C17H24F3NO3/c1-3-4-10-14(17(18,19)20)15(22)21-16(23,11-12-24-2)13-8-6-5-7-9-13/h5-9,14,23H,3-4,10-12H2,1-2H3,(H,21,22)/t14-,16+/m1/s1. The second kappa shape index (κ2) is 9.03. The molecule has 0 spiro atoms. The number of hydrogen-bond donors (Lipinski definition) is 2. The minimum Gasteiger partial charge on any atom is -0.384 e. The lowest BCUT2D eigenvalue weighted by atomic mass is 9.96. The van der Waals surface area contributed by atoms with Crippen LogP contribution in [-0.4, -0.2) is 30.9 Å². The highest BCUT2D eigenvalue weighted by Gasteiger charge is 2.46. The van der Waals surface area contributed by atoms with E-state index in [-0.39, 0.29) is 25.9 Å². The molecule has 0 saturated heterocycles. The van der Waals surface area contributed by atoms with Crippen LogP contribution >= 0.6 is 0 Å². The van der Waals surface area contributed by atoms with Gasteiger partial charge in [0.25, 0.3) is 0 Å². The molecule has 1 aromatic rings. The van der Waals surface area contributed by atoms with Gasteiger partial charge >= 0.3 is 6.18 Å². The molecule has 0 fully saturated rings. The maximum absolute atomic E-state index is 13.2. The summed E-state index contributed by atoms with van der Waals surface area (Å²) in [5.41, 5.74) is -1.60. The highest BCUT2D eigenvalue weighted by molar-refractivity contribution is 5.80. The highest BCUT2D eigenvalue weighted by atomic mass is 19.4. The van der Waals surface area contributed by atoms with Gasteiger partial charge in [-0.2, -0.15) is 13.2 Å². The zero-order chi connectivity index (χ0) is 18.2. The molecule has 1 amide bonds. The largest absolute Gasteiger partial charge is 0.400 e. The van der Waals surface area contributed by atoms with Crippen molar-refractivity contribution in [2.24, 2.45) is 5.92 Å². The van der Waals surface area contributed by atoms with Crippen molar-refractivity contribution in [1.82, 2.24) is 5.32 Å². The first kappa shape index (κ1) is 20.4. The molecule has 0 aliphatic carbocycles. The summed E-state index contributed by atoms with van der Waals surface area (Å²) < 4.78 is 44.4. The zero-order valence-corrected chi connectivity index (χ0v) is 13.9. The minimum atomic E-state index is -4.65. The molecule has 0 saturated carbocycles. The van der Waals surface area contributed by atoms with E-state index in [1.54, 1.807) is 37.3 Å². The number of amides is 1. The number of aliphatic hydroxyl groups is 1. The van der Waals surface area contributed by atoms with E-state index >= 15 is 0 Å². The maximum Gasteiger partial charge on any atom is 0.400 e. The molecule has 1 rings (SSSR count). The maximum atomic E-state index is 13.2. The summed E-state index contributed by atoms with van der Waals surface area (Å²) in [4.78, 5) is 12.2. The lowest BCUT2D eigenvalue weighted by Crippen LogP contribution is -2.51. The summed E-state index contributed by atoms with van der Waals surface area (Å²) in [5, 5.41) is 12.9. The number of alkyl halides is 3. The van der Waals surface area contributed by atoms with Crippen LogP contribution in [0.5, 0.6) is 0 Å². The van der Waals surface area contributed by atoms with Crippen LogP contribution in [-0.2, 0) is 15.3 Å². The van der Waals surface area contributed by atoms with Crippen molar-refractivity contribution in [3.63, 3.8) is 0 Å². The molecular formula is C17H24F3NO3. The topological polar surface area (TPSA) is 58.6 Å². The van der Waals surface area contributed by atoms with E-state index in [1.165, 1.54) is 7.11 Å². The van der Waals surface area contributed by atoms with Crippen molar-refractivity contribution in [3.05, 3.63) is 35.9 Å². The van der Waals surface area contributed by atoms with Gasteiger partial charge in [0.1, 0.15) is 5.92 Å². The number of hydrogen-bond acceptors (Lipinski definition) is 3. The molecule has 1 aromatic carbocycles. The van der Waals surface area contributed by atoms with Crippen molar-refractivity contribution in [3.8, 4) is 0 Å². The predicted molar refractivity (Wildman–Crippen MR) is 84.0 cm³/mol. The molecule has 7 heteroatoms. The molecular weight excluding hydrogens is 323 g/mol. The van der Waals surface area contributed by atoms with E-state index in [9.17, 15) is 23.1 Å². The van der Waals surface area contributed by atoms with Gasteiger partial charge in [0.2, 0.25) is 5.91 Å². The third-order valence-corrected chi connectivity index (χ3v) is 3.81. The summed E-state index contributed by atoms with van der Waals surface area (Å²) in [7, 11) is 1.41. The van der Waals surface area contributed by atoms with Crippen molar-refractivity contribution in [2.45, 2.75) is 44.5 Å². The molecule has 0 aliphatic heterocycles. The Hall–Kier alpha value is -1.60. The van der Waals surface area contributed by atoms with E-state index in [0.717, 1.165) is 0 Å². The van der Waals surface area contributed by atoms with Crippen LogP contribution in [0.25, 0.3) is 0 Å². The Labute approximate surface area is 140 Å². The predicted octanol–water partition coefficient (Wildman–Crippen LogP) is 3.35. The number of ether oxygens (including phenoxy) is 1. The number of nitrogens with one attached hydrogen (secondary N) is 1. The number of rotatable bonds is 9. The Morgan fingerprint density at radius 3 is 2.42 bits per heavy atom. The SMILES string of the molecule is CCCC[C@H](C(=O)N[C@](O)(CCOC)c1ccccc1)C(F)(F)F.